The molecule has 0 saturated heterocycles. The van der Waals surface area contributed by atoms with Crippen molar-refractivity contribution in [2.45, 2.75) is 32.2 Å². The summed E-state index contributed by atoms with van der Waals surface area (Å²) in [5.41, 5.74) is 9.17. The predicted octanol–water partition coefficient (Wildman–Crippen LogP) is 1.64. The van der Waals surface area contributed by atoms with Gasteiger partial charge in [0.1, 0.15) is 0 Å². The van der Waals surface area contributed by atoms with Crippen LogP contribution in [0.25, 0.3) is 0 Å². The summed E-state index contributed by atoms with van der Waals surface area (Å²) in [6.45, 7) is 4.27. The molecule has 4 nitrogen and oxygen atoms in total. The molecule has 1 aromatic carbocycles. The second kappa shape index (κ2) is 4.76. The van der Waals surface area contributed by atoms with E-state index in [2.05, 4.69) is 17.9 Å². The highest BCUT2D eigenvalue weighted by Gasteiger charge is 2.32. The van der Waals surface area contributed by atoms with Crippen LogP contribution in [-0.4, -0.2) is 36.5 Å². The van der Waals surface area contributed by atoms with Gasteiger partial charge in [0, 0.05) is 36.1 Å². The van der Waals surface area contributed by atoms with E-state index < -0.39 is 0 Å². The van der Waals surface area contributed by atoms with Crippen LogP contribution in [0.15, 0.2) is 18.2 Å². The highest BCUT2D eigenvalue weighted by Crippen LogP contribution is 2.32. The topological polar surface area (TPSA) is 49.6 Å². The van der Waals surface area contributed by atoms with Gasteiger partial charge in [-0.05, 0) is 38.3 Å². The smallest absolute Gasteiger partial charge is 0.242 e. The Hall–Kier alpha value is -1.71. The molecular weight excluding hydrogens is 238 g/mol. The van der Waals surface area contributed by atoms with E-state index in [1.807, 2.05) is 17.0 Å². The molecule has 1 aliphatic carbocycles. The highest BCUT2D eigenvalue weighted by molar-refractivity contribution is 5.83. The minimum atomic E-state index is 0.250. The fourth-order valence-electron chi connectivity index (χ4n) is 2.97. The number of nitrogen functional groups attached to an aromatic ring is 1. The summed E-state index contributed by atoms with van der Waals surface area (Å²) in [7, 11) is 0. The number of hydrogen-bond acceptors (Lipinski definition) is 3. The molecule has 0 unspecified atom stereocenters. The lowest BCUT2D eigenvalue weighted by atomic mass is 10.1. The molecule has 3 rings (SSSR count). The van der Waals surface area contributed by atoms with Gasteiger partial charge in [0.05, 0.1) is 6.54 Å². The summed E-state index contributed by atoms with van der Waals surface area (Å²) in [6, 6.07) is 6.47. The zero-order chi connectivity index (χ0) is 13.4. The molecule has 19 heavy (non-hydrogen) atoms. The Labute approximate surface area is 114 Å². The van der Waals surface area contributed by atoms with E-state index in [1.54, 1.807) is 0 Å². The molecule has 4 heteroatoms. The third-order valence-electron chi connectivity index (χ3n) is 4.13. The van der Waals surface area contributed by atoms with Gasteiger partial charge in [0.25, 0.3) is 0 Å². The number of carbonyl (C=O) groups excluding carboxylic acids is 1. The molecule has 0 spiro atoms. The van der Waals surface area contributed by atoms with Gasteiger partial charge >= 0.3 is 0 Å². The van der Waals surface area contributed by atoms with Crippen LogP contribution in [0.1, 0.15) is 25.3 Å². The molecule has 1 fully saturated rings. The van der Waals surface area contributed by atoms with Gasteiger partial charge in [-0.1, -0.05) is 6.07 Å². The Morgan fingerprint density at radius 1 is 1.47 bits per heavy atom. The lowest BCUT2D eigenvalue weighted by Gasteiger charge is -2.25. The Kier molecular flexibility index (Phi) is 3.09. The fraction of sp³-hybridized carbons (Fsp3) is 0.533. The van der Waals surface area contributed by atoms with E-state index in [-0.39, 0.29) is 5.91 Å². The van der Waals surface area contributed by atoms with Crippen LogP contribution in [0, 0.1) is 0 Å². The molecule has 0 atom stereocenters. The first-order chi connectivity index (χ1) is 9.20. The second-order valence-corrected chi connectivity index (χ2v) is 5.43. The van der Waals surface area contributed by atoms with E-state index >= 15 is 0 Å². The molecule has 2 aliphatic rings. The van der Waals surface area contributed by atoms with Crippen molar-refractivity contribution in [1.29, 1.82) is 0 Å². The number of anilines is 2. The van der Waals surface area contributed by atoms with Crippen LogP contribution < -0.4 is 10.6 Å². The number of amides is 1. The first kappa shape index (κ1) is 12.3. The molecular formula is C15H21N3O. The van der Waals surface area contributed by atoms with Gasteiger partial charge in [-0.25, -0.2) is 0 Å². The van der Waals surface area contributed by atoms with E-state index in [0.717, 1.165) is 30.9 Å². The van der Waals surface area contributed by atoms with Crippen molar-refractivity contribution < 1.29 is 4.79 Å². The first-order valence-corrected chi connectivity index (χ1v) is 7.12. The number of carbonyl (C=O) groups is 1. The number of benzene rings is 1. The third-order valence-corrected chi connectivity index (χ3v) is 4.13. The summed E-state index contributed by atoms with van der Waals surface area (Å²) in [4.78, 5) is 16.5. The summed E-state index contributed by atoms with van der Waals surface area (Å²) < 4.78 is 0. The van der Waals surface area contributed by atoms with Crippen LogP contribution in [0.4, 0.5) is 11.4 Å². The average molecular weight is 259 g/mol. The van der Waals surface area contributed by atoms with Gasteiger partial charge in [-0.15, -0.1) is 0 Å². The normalized spacial score (nSPS) is 17.4. The maximum Gasteiger partial charge on any atom is 0.242 e. The Morgan fingerprint density at radius 2 is 2.26 bits per heavy atom. The number of hydrogen-bond donors (Lipinski definition) is 1. The standard InChI is InChI=1S/C15H21N3O/c1-2-18(11-6-7-11)15(19)10-17-9-8-12-13(16)4-3-5-14(12)17/h3-5,11H,2,6-10,16H2,1H3. The zero-order valence-corrected chi connectivity index (χ0v) is 11.4. The van der Waals surface area contributed by atoms with Gasteiger partial charge in [-0.3, -0.25) is 4.79 Å². The molecule has 1 amide bonds. The number of rotatable bonds is 4. The van der Waals surface area contributed by atoms with Crippen LogP contribution in [0.2, 0.25) is 0 Å². The lowest BCUT2D eigenvalue weighted by Crippen LogP contribution is -2.41. The molecule has 1 aliphatic heterocycles. The van der Waals surface area contributed by atoms with Crippen LogP contribution in [0.5, 0.6) is 0 Å². The summed E-state index contributed by atoms with van der Waals surface area (Å²) in [6.07, 6.45) is 3.29. The largest absolute Gasteiger partial charge is 0.398 e. The molecule has 0 aromatic heterocycles. The van der Waals surface area contributed by atoms with Crippen molar-refractivity contribution >= 4 is 17.3 Å². The van der Waals surface area contributed by atoms with Crippen molar-refractivity contribution in [2.24, 2.45) is 0 Å². The summed E-state index contributed by atoms with van der Waals surface area (Å²) in [5.74, 6) is 0.250. The Morgan fingerprint density at radius 3 is 2.95 bits per heavy atom. The Balaban J connectivity index is 1.72. The van der Waals surface area contributed by atoms with Gasteiger partial charge in [0.2, 0.25) is 5.91 Å². The van der Waals surface area contributed by atoms with E-state index in [1.165, 1.54) is 18.4 Å². The van der Waals surface area contributed by atoms with Crippen LogP contribution in [0.3, 0.4) is 0 Å². The summed E-state index contributed by atoms with van der Waals surface area (Å²) >= 11 is 0. The maximum atomic E-state index is 12.4. The van der Waals surface area contributed by atoms with Crippen molar-refractivity contribution in [3.05, 3.63) is 23.8 Å². The highest BCUT2D eigenvalue weighted by atomic mass is 16.2. The van der Waals surface area contributed by atoms with Gasteiger partial charge in [-0.2, -0.15) is 0 Å². The second-order valence-electron chi connectivity index (χ2n) is 5.43. The minimum absolute atomic E-state index is 0.250. The molecule has 0 radical (unpaired) electrons. The van der Waals surface area contributed by atoms with Gasteiger partial charge < -0.3 is 15.5 Å². The molecule has 1 aromatic rings. The number of nitrogens with zero attached hydrogens (tertiary/aromatic N) is 2. The molecule has 1 heterocycles. The average Bonchev–Trinajstić information content (AvgIpc) is 3.13. The maximum absolute atomic E-state index is 12.4. The molecule has 0 bridgehead atoms. The van der Waals surface area contributed by atoms with Crippen molar-refractivity contribution in [3.63, 3.8) is 0 Å². The minimum Gasteiger partial charge on any atom is -0.398 e. The van der Waals surface area contributed by atoms with Crippen molar-refractivity contribution in [1.82, 2.24) is 4.90 Å². The monoisotopic (exact) mass is 259 g/mol. The third kappa shape index (κ3) is 2.27. The van der Waals surface area contributed by atoms with E-state index in [0.29, 0.717) is 12.6 Å². The molecule has 2 N–H and O–H groups in total. The molecule has 102 valence electrons. The Bertz CT molecular complexity index is 496. The number of likely N-dealkylation sites (N-methyl/N-ethyl adjacent to an activating group) is 1. The van der Waals surface area contributed by atoms with E-state index in [9.17, 15) is 4.79 Å². The fourth-order valence-corrected chi connectivity index (χ4v) is 2.97. The van der Waals surface area contributed by atoms with Crippen molar-refractivity contribution in [3.8, 4) is 0 Å². The SMILES string of the molecule is CCN(C(=O)CN1CCc2c(N)cccc21)C1CC1. The van der Waals surface area contributed by atoms with Crippen LogP contribution in [-0.2, 0) is 11.2 Å². The number of fused-ring (bicyclic) bond motifs is 1. The van der Waals surface area contributed by atoms with Gasteiger partial charge in [0.15, 0.2) is 0 Å². The van der Waals surface area contributed by atoms with Crippen molar-refractivity contribution in [2.75, 3.05) is 30.3 Å². The van der Waals surface area contributed by atoms with E-state index in [4.69, 9.17) is 5.73 Å². The zero-order valence-electron chi connectivity index (χ0n) is 11.4. The molecule has 1 saturated carbocycles. The summed E-state index contributed by atoms with van der Waals surface area (Å²) in [5, 5.41) is 0. The predicted molar refractivity (Wildman–Crippen MR) is 77.2 cm³/mol. The quantitative estimate of drug-likeness (QED) is 0.836. The van der Waals surface area contributed by atoms with Crippen LogP contribution >= 0.6 is 0 Å². The number of nitrogens with two attached hydrogens (primary N) is 1. The lowest BCUT2D eigenvalue weighted by molar-refractivity contribution is -0.130. The first-order valence-electron chi connectivity index (χ1n) is 7.12.